The van der Waals surface area contributed by atoms with E-state index in [9.17, 15) is 4.79 Å². The predicted molar refractivity (Wildman–Crippen MR) is 55.7 cm³/mol. The number of nitrogens with two attached hydrogens (primary N) is 1. The first-order valence-corrected chi connectivity index (χ1v) is 5.67. The first-order valence-electron chi connectivity index (χ1n) is 5.67. The van der Waals surface area contributed by atoms with E-state index >= 15 is 0 Å². The van der Waals surface area contributed by atoms with Crippen molar-refractivity contribution in [3.05, 3.63) is 0 Å². The van der Waals surface area contributed by atoms with Crippen molar-refractivity contribution >= 4 is 5.91 Å². The zero-order valence-electron chi connectivity index (χ0n) is 9.07. The molecule has 2 rings (SSSR count). The molecule has 2 N–H and O–H groups in total. The first-order chi connectivity index (χ1) is 6.61. The number of nitrogens with zero attached hydrogens (tertiary/aromatic N) is 1. The number of carbonyl (C=O) groups excluding carboxylic acids is 1. The maximum Gasteiger partial charge on any atom is 0.240 e. The van der Waals surface area contributed by atoms with E-state index in [-0.39, 0.29) is 11.9 Å². The Morgan fingerprint density at radius 3 is 2.43 bits per heavy atom. The lowest BCUT2D eigenvalue weighted by Crippen LogP contribution is -2.46. The van der Waals surface area contributed by atoms with Gasteiger partial charge >= 0.3 is 0 Å². The van der Waals surface area contributed by atoms with Gasteiger partial charge in [0.05, 0.1) is 6.04 Å². The lowest BCUT2D eigenvalue weighted by molar-refractivity contribution is -0.133. The van der Waals surface area contributed by atoms with Crippen LogP contribution in [0.25, 0.3) is 0 Å². The molecule has 2 fully saturated rings. The minimum atomic E-state index is -0.220. The SMILES string of the molecule is CC1CCN(C(=O)C(N)C2CC2)C1C. The van der Waals surface area contributed by atoms with Crippen LogP contribution in [-0.4, -0.2) is 29.4 Å². The van der Waals surface area contributed by atoms with Crippen LogP contribution in [-0.2, 0) is 4.79 Å². The van der Waals surface area contributed by atoms with Crippen molar-refractivity contribution in [1.29, 1.82) is 0 Å². The van der Waals surface area contributed by atoms with Crippen molar-refractivity contribution < 1.29 is 4.79 Å². The predicted octanol–water partition coefficient (Wildman–Crippen LogP) is 0.981. The average molecular weight is 196 g/mol. The topological polar surface area (TPSA) is 46.3 Å². The van der Waals surface area contributed by atoms with Crippen molar-refractivity contribution in [3.8, 4) is 0 Å². The molecule has 2 aliphatic rings. The second-order valence-electron chi connectivity index (χ2n) is 4.90. The molecule has 1 amide bonds. The molecule has 14 heavy (non-hydrogen) atoms. The Bertz CT molecular complexity index is 237. The highest BCUT2D eigenvalue weighted by molar-refractivity contribution is 5.82. The molecule has 0 bridgehead atoms. The van der Waals surface area contributed by atoms with E-state index in [0.717, 1.165) is 25.8 Å². The molecule has 3 atom stereocenters. The summed E-state index contributed by atoms with van der Waals surface area (Å²) >= 11 is 0. The van der Waals surface area contributed by atoms with Crippen LogP contribution in [0, 0.1) is 11.8 Å². The van der Waals surface area contributed by atoms with E-state index < -0.39 is 0 Å². The molecule has 1 aliphatic heterocycles. The summed E-state index contributed by atoms with van der Waals surface area (Å²) in [5, 5.41) is 0. The van der Waals surface area contributed by atoms with Gasteiger partial charge in [-0.25, -0.2) is 0 Å². The van der Waals surface area contributed by atoms with Gasteiger partial charge in [0.1, 0.15) is 0 Å². The van der Waals surface area contributed by atoms with Crippen LogP contribution < -0.4 is 5.73 Å². The molecule has 0 spiro atoms. The smallest absolute Gasteiger partial charge is 0.240 e. The van der Waals surface area contributed by atoms with Gasteiger partial charge in [-0.05, 0) is 38.0 Å². The van der Waals surface area contributed by atoms with Crippen LogP contribution in [0.1, 0.15) is 33.1 Å². The van der Waals surface area contributed by atoms with Crippen molar-refractivity contribution in [2.45, 2.75) is 45.2 Å². The van der Waals surface area contributed by atoms with Crippen LogP contribution in [0.2, 0.25) is 0 Å². The normalized spacial score (nSPS) is 34.6. The molecule has 0 aromatic heterocycles. The molecule has 0 radical (unpaired) electrons. The lowest BCUT2D eigenvalue weighted by atomic mass is 10.0. The molecule has 1 saturated carbocycles. The lowest BCUT2D eigenvalue weighted by Gasteiger charge is -2.26. The monoisotopic (exact) mass is 196 g/mol. The third kappa shape index (κ3) is 1.65. The molecule has 3 unspecified atom stereocenters. The zero-order valence-corrected chi connectivity index (χ0v) is 9.07. The summed E-state index contributed by atoms with van der Waals surface area (Å²) in [6, 6.07) is 0.162. The third-order valence-corrected chi connectivity index (χ3v) is 3.84. The van der Waals surface area contributed by atoms with Crippen molar-refractivity contribution in [2.75, 3.05) is 6.54 Å². The van der Waals surface area contributed by atoms with Gasteiger partial charge in [0, 0.05) is 12.6 Å². The van der Waals surface area contributed by atoms with Gasteiger partial charge in [0.25, 0.3) is 0 Å². The Balaban J connectivity index is 1.97. The quantitative estimate of drug-likeness (QED) is 0.715. The molecule has 80 valence electrons. The molecular weight excluding hydrogens is 176 g/mol. The zero-order chi connectivity index (χ0) is 10.3. The van der Waals surface area contributed by atoms with Crippen molar-refractivity contribution in [2.24, 2.45) is 17.6 Å². The fourth-order valence-corrected chi connectivity index (χ4v) is 2.25. The van der Waals surface area contributed by atoms with E-state index in [1.807, 2.05) is 4.90 Å². The number of amides is 1. The van der Waals surface area contributed by atoms with Gasteiger partial charge < -0.3 is 10.6 Å². The minimum absolute atomic E-state index is 0.185. The molecule has 3 nitrogen and oxygen atoms in total. The van der Waals surface area contributed by atoms with Gasteiger partial charge in [-0.1, -0.05) is 6.92 Å². The van der Waals surface area contributed by atoms with E-state index in [4.69, 9.17) is 5.73 Å². The fourth-order valence-electron chi connectivity index (χ4n) is 2.25. The van der Waals surface area contributed by atoms with Crippen LogP contribution in [0.3, 0.4) is 0 Å². The third-order valence-electron chi connectivity index (χ3n) is 3.84. The Hall–Kier alpha value is -0.570. The molecule has 1 aliphatic carbocycles. The van der Waals surface area contributed by atoms with Crippen LogP contribution in [0.5, 0.6) is 0 Å². The number of carbonyl (C=O) groups is 1. The second-order valence-corrected chi connectivity index (χ2v) is 4.90. The summed E-state index contributed by atoms with van der Waals surface area (Å²) in [5.41, 5.74) is 5.92. The van der Waals surface area contributed by atoms with E-state index in [2.05, 4.69) is 13.8 Å². The van der Waals surface area contributed by atoms with Crippen molar-refractivity contribution in [1.82, 2.24) is 4.90 Å². The maximum atomic E-state index is 12.0. The summed E-state index contributed by atoms with van der Waals surface area (Å²) in [5.74, 6) is 1.29. The first kappa shape index (κ1) is 9.97. The Kier molecular flexibility index (Phi) is 2.52. The molecule has 1 heterocycles. The Morgan fingerprint density at radius 1 is 1.36 bits per heavy atom. The van der Waals surface area contributed by atoms with Crippen LogP contribution >= 0.6 is 0 Å². The van der Waals surface area contributed by atoms with E-state index in [0.29, 0.717) is 17.9 Å². The summed E-state index contributed by atoms with van der Waals surface area (Å²) in [4.78, 5) is 14.0. The summed E-state index contributed by atoms with van der Waals surface area (Å²) in [6.45, 7) is 5.25. The standard InChI is InChI=1S/C11H20N2O/c1-7-5-6-13(8(7)2)11(14)10(12)9-3-4-9/h7-10H,3-6,12H2,1-2H3. The van der Waals surface area contributed by atoms with Gasteiger partial charge in [-0.15, -0.1) is 0 Å². The number of hydrogen-bond acceptors (Lipinski definition) is 2. The van der Waals surface area contributed by atoms with Crippen LogP contribution in [0.4, 0.5) is 0 Å². The average Bonchev–Trinajstić information content (AvgIpc) is 2.95. The molecule has 1 saturated heterocycles. The highest BCUT2D eigenvalue weighted by atomic mass is 16.2. The summed E-state index contributed by atoms with van der Waals surface area (Å²) < 4.78 is 0. The van der Waals surface area contributed by atoms with Crippen LogP contribution in [0.15, 0.2) is 0 Å². The molecular formula is C11H20N2O. The number of rotatable bonds is 2. The van der Waals surface area contributed by atoms with Gasteiger partial charge in [-0.3, -0.25) is 4.79 Å². The molecule has 3 heteroatoms. The van der Waals surface area contributed by atoms with E-state index in [1.165, 1.54) is 0 Å². The maximum absolute atomic E-state index is 12.0. The largest absolute Gasteiger partial charge is 0.338 e. The van der Waals surface area contributed by atoms with Gasteiger partial charge in [0.15, 0.2) is 0 Å². The van der Waals surface area contributed by atoms with Gasteiger partial charge in [-0.2, -0.15) is 0 Å². The molecule has 0 aromatic rings. The number of hydrogen-bond donors (Lipinski definition) is 1. The minimum Gasteiger partial charge on any atom is -0.338 e. The number of likely N-dealkylation sites (tertiary alicyclic amines) is 1. The Morgan fingerprint density at radius 2 is 2.00 bits per heavy atom. The Labute approximate surface area is 85.6 Å². The van der Waals surface area contributed by atoms with Gasteiger partial charge in [0.2, 0.25) is 5.91 Å². The highest BCUT2D eigenvalue weighted by Gasteiger charge is 2.39. The fraction of sp³-hybridized carbons (Fsp3) is 0.909. The molecule has 0 aromatic carbocycles. The second kappa shape index (κ2) is 3.54. The summed E-state index contributed by atoms with van der Waals surface area (Å²) in [7, 11) is 0. The summed E-state index contributed by atoms with van der Waals surface area (Å²) in [6.07, 6.45) is 3.42. The van der Waals surface area contributed by atoms with E-state index in [1.54, 1.807) is 0 Å². The highest BCUT2D eigenvalue weighted by Crippen LogP contribution is 2.34. The van der Waals surface area contributed by atoms with Crippen molar-refractivity contribution in [3.63, 3.8) is 0 Å².